The number of aryl methyl sites for hydroxylation is 1. The van der Waals surface area contributed by atoms with Gasteiger partial charge in [0.1, 0.15) is 0 Å². The van der Waals surface area contributed by atoms with Crippen molar-refractivity contribution >= 4 is 11.3 Å². The zero-order valence-corrected chi connectivity index (χ0v) is 13.1. The van der Waals surface area contributed by atoms with Crippen LogP contribution in [0, 0.1) is 17.3 Å². The monoisotopic (exact) mass is 277 g/mol. The molecule has 2 aliphatic rings. The molecular weight excluding hydrogens is 250 g/mol. The van der Waals surface area contributed by atoms with Crippen molar-refractivity contribution in [1.82, 2.24) is 5.32 Å². The molecule has 0 aromatic carbocycles. The smallest absolute Gasteiger partial charge is 0.00130 e. The van der Waals surface area contributed by atoms with Crippen LogP contribution in [0.1, 0.15) is 51.5 Å². The Bertz CT molecular complexity index is 397. The normalized spacial score (nSPS) is 33.4. The molecular formula is C17H27NS. The molecule has 0 radical (unpaired) electrons. The van der Waals surface area contributed by atoms with Crippen molar-refractivity contribution in [2.75, 3.05) is 6.54 Å². The molecule has 1 aromatic heterocycles. The summed E-state index contributed by atoms with van der Waals surface area (Å²) in [6, 6.07) is 2.93. The van der Waals surface area contributed by atoms with Gasteiger partial charge < -0.3 is 5.32 Å². The Kier molecular flexibility index (Phi) is 4.00. The lowest BCUT2D eigenvalue weighted by atomic mass is 9.69. The summed E-state index contributed by atoms with van der Waals surface area (Å²) in [4.78, 5) is 0. The molecule has 3 unspecified atom stereocenters. The summed E-state index contributed by atoms with van der Waals surface area (Å²) in [6.45, 7) is 5.80. The average Bonchev–Trinajstić information content (AvgIpc) is 3.10. The Balaban J connectivity index is 1.66. The molecule has 2 bridgehead atoms. The minimum Gasteiger partial charge on any atom is -0.314 e. The first-order valence-corrected chi connectivity index (χ1v) is 8.87. The summed E-state index contributed by atoms with van der Waals surface area (Å²) in [5, 5.41) is 8.29. The predicted molar refractivity (Wildman–Crippen MR) is 83.7 cm³/mol. The molecule has 2 heteroatoms. The van der Waals surface area contributed by atoms with Crippen LogP contribution >= 0.6 is 11.3 Å². The summed E-state index contributed by atoms with van der Waals surface area (Å²) >= 11 is 1.84. The molecule has 1 N–H and O–H groups in total. The van der Waals surface area contributed by atoms with Crippen LogP contribution in [0.5, 0.6) is 0 Å². The van der Waals surface area contributed by atoms with Gasteiger partial charge in [-0.2, -0.15) is 11.3 Å². The second-order valence-electron chi connectivity index (χ2n) is 7.11. The van der Waals surface area contributed by atoms with E-state index in [1.807, 2.05) is 11.3 Å². The molecule has 1 nitrogen and oxygen atoms in total. The quantitative estimate of drug-likeness (QED) is 0.808. The summed E-state index contributed by atoms with van der Waals surface area (Å²) < 4.78 is 0. The first-order chi connectivity index (χ1) is 9.18. The molecule has 19 heavy (non-hydrogen) atoms. The number of rotatable bonds is 6. The van der Waals surface area contributed by atoms with Gasteiger partial charge in [-0.1, -0.05) is 20.3 Å². The molecule has 0 aliphatic heterocycles. The van der Waals surface area contributed by atoms with Gasteiger partial charge in [0.05, 0.1) is 0 Å². The average molecular weight is 277 g/mol. The maximum Gasteiger partial charge on any atom is 0.00130 e. The molecule has 2 fully saturated rings. The lowest BCUT2D eigenvalue weighted by Crippen LogP contribution is -2.41. The fourth-order valence-corrected chi connectivity index (χ4v) is 5.11. The van der Waals surface area contributed by atoms with E-state index in [4.69, 9.17) is 0 Å². The Morgan fingerprint density at radius 3 is 2.89 bits per heavy atom. The molecule has 0 saturated heterocycles. The summed E-state index contributed by atoms with van der Waals surface area (Å²) in [5.74, 6) is 2.05. The maximum atomic E-state index is 3.75. The SMILES string of the molecule is CC(C)NCC1(CCc2ccsc2)CC2CCC1C2. The second kappa shape index (κ2) is 5.57. The van der Waals surface area contributed by atoms with E-state index in [-0.39, 0.29) is 0 Å². The maximum absolute atomic E-state index is 3.75. The van der Waals surface area contributed by atoms with Crippen molar-refractivity contribution in [1.29, 1.82) is 0 Å². The summed E-state index contributed by atoms with van der Waals surface area (Å²) in [7, 11) is 0. The van der Waals surface area contributed by atoms with Crippen LogP contribution in [0.3, 0.4) is 0 Å². The van der Waals surface area contributed by atoms with Gasteiger partial charge in [0.2, 0.25) is 0 Å². The van der Waals surface area contributed by atoms with Gasteiger partial charge in [0, 0.05) is 12.6 Å². The molecule has 3 atom stereocenters. The third-order valence-electron chi connectivity index (χ3n) is 5.46. The lowest BCUT2D eigenvalue weighted by Gasteiger charge is -2.39. The van der Waals surface area contributed by atoms with Gasteiger partial charge in [-0.3, -0.25) is 0 Å². The zero-order chi connectivity index (χ0) is 13.3. The van der Waals surface area contributed by atoms with Gasteiger partial charge in [-0.25, -0.2) is 0 Å². The highest BCUT2D eigenvalue weighted by Gasteiger charge is 2.49. The Labute approximate surface area is 121 Å². The van der Waals surface area contributed by atoms with Crippen LogP contribution in [0.2, 0.25) is 0 Å². The van der Waals surface area contributed by atoms with Crippen molar-refractivity contribution in [3.63, 3.8) is 0 Å². The van der Waals surface area contributed by atoms with E-state index >= 15 is 0 Å². The molecule has 1 aromatic rings. The summed E-state index contributed by atoms with van der Waals surface area (Å²) in [6.07, 6.45) is 8.68. The minimum atomic E-state index is 0.606. The van der Waals surface area contributed by atoms with Gasteiger partial charge in [-0.05, 0) is 71.7 Å². The Morgan fingerprint density at radius 2 is 2.32 bits per heavy atom. The van der Waals surface area contributed by atoms with Crippen molar-refractivity contribution in [2.24, 2.45) is 17.3 Å². The molecule has 1 heterocycles. The van der Waals surface area contributed by atoms with Gasteiger partial charge >= 0.3 is 0 Å². The summed E-state index contributed by atoms with van der Waals surface area (Å²) in [5.41, 5.74) is 2.16. The standard InChI is InChI=1S/C17H27NS/c1-13(2)18-12-17(7-5-14-6-8-19-11-14)10-15-3-4-16(17)9-15/h6,8,11,13,15-16,18H,3-5,7,9-10,12H2,1-2H3. The highest BCUT2D eigenvalue weighted by atomic mass is 32.1. The number of hydrogen-bond donors (Lipinski definition) is 1. The van der Waals surface area contributed by atoms with Crippen molar-refractivity contribution in [2.45, 2.75) is 58.4 Å². The largest absolute Gasteiger partial charge is 0.314 e. The fourth-order valence-electron chi connectivity index (χ4n) is 4.40. The molecule has 2 saturated carbocycles. The number of nitrogens with one attached hydrogen (secondary N) is 1. The predicted octanol–water partition coefficient (Wildman–Crippen LogP) is 4.49. The first-order valence-electron chi connectivity index (χ1n) is 7.92. The number of fused-ring (bicyclic) bond motifs is 2. The Morgan fingerprint density at radius 1 is 1.42 bits per heavy atom. The van der Waals surface area contributed by atoms with Crippen molar-refractivity contribution in [3.05, 3.63) is 22.4 Å². The third-order valence-corrected chi connectivity index (χ3v) is 6.19. The zero-order valence-electron chi connectivity index (χ0n) is 12.3. The van der Waals surface area contributed by atoms with Gasteiger partial charge in [0.15, 0.2) is 0 Å². The van der Waals surface area contributed by atoms with Gasteiger partial charge in [0.25, 0.3) is 0 Å². The molecule has 3 rings (SSSR count). The molecule has 106 valence electrons. The minimum absolute atomic E-state index is 0.606. The fraction of sp³-hybridized carbons (Fsp3) is 0.765. The highest BCUT2D eigenvalue weighted by Crippen LogP contribution is 2.57. The van der Waals surface area contributed by atoms with E-state index in [0.29, 0.717) is 11.5 Å². The van der Waals surface area contributed by atoms with E-state index in [2.05, 4.69) is 36.0 Å². The molecule has 2 aliphatic carbocycles. The van der Waals surface area contributed by atoms with Crippen LogP contribution in [0.25, 0.3) is 0 Å². The van der Waals surface area contributed by atoms with Crippen LogP contribution in [-0.2, 0) is 6.42 Å². The molecule has 0 spiro atoms. The van der Waals surface area contributed by atoms with E-state index in [0.717, 1.165) is 11.8 Å². The first kappa shape index (κ1) is 13.6. The molecule has 0 amide bonds. The van der Waals surface area contributed by atoms with E-state index < -0.39 is 0 Å². The second-order valence-corrected chi connectivity index (χ2v) is 7.89. The highest BCUT2D eigenvalue weighted by molar-refractivity contribution is 7.07. The van der Waals surface area contributed by atoms with E-state index in [1.165, 1.54) is 45.1 Å². The van der Waals surface area contributed by atoms with Crippen LogP contribution in [0.15, 0.2) is 16.8 Å². The third kappa shape index (κ3) is 2.90. The van der Waals surface area contributed by atoms with E-state index in [1.54, 1.807) is 5.56 Å². The van der Waals surface area contributed by atoms with Crippen molar-refractivity contribution in [3.8, 4) is 0 Å². The number of hydrogen-bond acceptors (Lipinski definition) is 2. The van der Waals surface area contributed by atoms with Crippen LogP contribution in [-0.4, -0.2) is 12.6 Å². The van der Waals surface area contributed by atoms with Gasteiger partial charge in [-0.15, -0.1) is 0 Å². The van der Waals surface area contributed by atoms with Crippen LogP contribution in [0.4, 0.5) is 0 Å². The van der Waals surface area contributed by atoms with E-state index in [9.17, 15) is 0 Å². The lowest BCUT2D eigenvalue weighted by molar-refractivity contribution is 0.139. The van der Waals surface area contributed by atoms with Crippen molar-refractivity contribution < 1.29 is 0 Å². The van der Waals surface area contributed by atoms with Crippen LogP contribution < -0.4 is 5.32 Å². The number of thiophene rings is 1. The topological polar surface area (TPSA) is 12.0 Å². The Hall–Kier alpha value is -0.340.